The van der Waals surface area contributed by atoms with Gasteiger partial charge in [-0.05, 0) is 74.2 Å². The van der Waals surface area contributed by atoms with Crippen molar-refractivity contribution in [3.63, 3.8) is 0 Å². The van der Waals surface area contributed by atoms with Gasteiger partial charge in [-0.15, -0.1) is 0 Å². The lowest BCUT2D eigenvalue weighted by molar-refractivity contribution is -0.129. The average molecular weight is 409 g/mol. The largest absolute Gasteiger partial charge is 0.368 e. The zero-order chi connectivity index (χ0) is 21.5. The molecule has 1 aliphatic heterocycles. The normalized spacial score (nSPS) is 15.5. The van der Waals surface area contributed by atoms with Crippen LogP contribution in [0, 0.1) is 13.8 Å². The first-order valence-electron chi connectivity index (χ1n) is 10.1. The van der Waals surface area contributed by atoms with Crippen LogP contribution < -0.4 is 16.0 Å². The molecule has 30 heavy (non-hydrogen) atoms. The molecule has 1 saturated heterocycles. The number of aryl methyl sites for hydroxylation is 2. The van der Waals surface area contributed by atoms with Crippen molar-refractivity contribution in [1.29, 1.82) is 0 Å². The molecule has 0 radical (unpaired) electrons. The molecule has 1 aliphatic rings. The van der Waals surface area contributed by atoms with E-state index >= 15 is 0 Å². The fourth-order valence-electron chi connectivity index (χ4n) is 3.15. The second-order valence-electron chi connectivity index (χ2n) is 7.38. The lowest BCUT2D eigenvalue weighted by Gasteiger charge is -2.11. The van der Waals surface area contributed by atoms with Gasteiger partial charge in [0.05, 0.1) is 0 Å². The summed E-state index contributed by atoms with van der Waals surface area (Å²) in [4.78, 5) is 36.5. The van der Waals surface area contributed by atoms with Gasteiger partial charge in [0, 0.05) is 36.5 Å². The SMILES string of the molecule is Cc1ccc(C(=O)Nc2ccc(C(=O)NCCNC(=O)C3CCCO3)cc2)cc1C. The summed E-state index contributed by atoms with van der Waals surface area (Å²) >= 11 is 0. The predicted molar refractivity (Wildman–Crippen MR) is 115 cm³/mol. The van der Waals surface area contributed by atoms with Crippen LogP contribution in [0.15, 0.2) is 42.5 Å². The maximum atomic E-state index is 12.4. The molecule has 2 aromatic carbocycles. The summed E-state index contributed by atoms with van der Waals surface area (Å²) < 4.78 is 5.31. The van der Waals surface area contributed by atoms with E-state index in [1.807, 2.05) is 26.0 Å². The van der Waals surface area contributed by atoms with Gasteiger partial charge in [0.15, 0.2) is 0 Å². The van der Waals surface area contributed by atoms with E-state index in [-0.39, 0.29) is 23.8 Å². The number of carbonyl (C=O) groups excluding carboxylic acids is 3. The van der Waals surface area contributed by atoms with Crippen LogP contribution in [-0.2, 0) is 9.53 Å². The Labute approximate surface area is 176 Å². The monoisotopic (exact) mass is 409 g/mol. The van der Waals surface area contributed by atoms with Gasteiger partial charge >= 0.3 is 0 Å². The minimum atomic E-state index is -0.368. The molecular formula is C23H27N3O4. The van der Waals surface area contributed by atoms with E-state index in [1.165, 1.54) is 0 Å². The molecule has 3 amide bonds. The van der Waals surface area contributed by atoms with Crippen LogP contribution in [0.1, 0.15) is 44.7 Å². The third-order valence-corrected chi connectivity index (χ3v) is 5.11. The molecule has 0 spiro atoms. The maximum Gasteiger partial charge on any atom is 0.255 e. The van der Waals surface area contributed by atoms with Crippen molar-refractivity contribution in [3.05, 3.63) is 64.7 Å². The molecule has 1 atom stereocenters. The molecule has 1 heterocycles. The number of nitrogens with one attached hydrogen (secondary N) is 3. The number of rotatable bonds is 7. The topological polar surface area (TPSA) is 96.5 Å². The number of ether oxygens (including phenoxy) is 1. The minimum Gasteiger partial charge on any atom is -0.368 e. The van der Waals surface area contributed by atoms with Gasteiger partial charge in [-0.25, -0.2) is 0 Å². The number of carbonyl (C=O) groups is 3. The number of hydrogen-bond acceptors (Lipinski definition) is 4. The Bertz CT molecular complexity index is 919. The molecule has 7 heteroatoms. The van der Waals surface area contributed by atoms with Crippen molar-refractivity contribution in [3.8, 4) is 0 Å². The van der Waals surface area contributed by atoms with Gasteiger partial charge in [-0.1, -0.05) is 6.07 Å². The molecule has 0 saturated carbocycles. The van der Waals surface area contributed by atoms with E-state index in [2.05, 4.69) is 16.0 Å². The van der Waals surface area contributed by atoms with Crippen LogP contribution in [0.3, 0.4) is 0 Å². The second kappa shape index (κ2) is 10.0. The van der Waals surface area contributed by atoms with Crippen molar-refractivity contribution in [2.24, 2.45) is 0 Å². The number of hydrogen-bond donors (Lipinski definition) is 3. The summed E-state index contributed by atoms with van der Waals surface area (Å²) in [5.74, 6) is -0.573. The maximum absolute atomic E-state index is 12.4. The van der Waals surface area contributed by atoms with Gasteiger partial charge in [0.2, 0.25) is 5.91 Å². The Morgan fingerprint density at radius 1 is 0.900 bits per heavy atom. The molecule has 0 bridgehead atoms. The molecule has 3 N–H and O–H groups in total. The van der Waals surface area contributed by atoms with Crippen molar-refractivity contribution < 1.29 is 19.1 Å². The molecule has 7 nitrogen and oxygen atoms in total. The summed E-state index contributed by atoms with van der Waals surface area (Å²) in [5, 5.41) is 8.35. The molecule has 158 valence electrons. The lowest BCUT2D eigenvalue weighted by atomic mass is 10.1. The Morgan fingerprint density at radius 3 is 2.27 bits per heavy atom. The van der Waals surface area contributed by atoms with E-state index in [9.17, 15) is 14.4 Å². The summed E-state index contributed by atoms with van der Waals surface area (Å²) in [5.41, 5.74) is 3.86. The highest BCUT2D eigenvalue weighted by Crippen LogP contribution is 2.14. The summed E-state index contributed by atoms with van der Waals surface area (Å²) in [7, 11) is 0. The quantitative estimate of drug-likeness (QED) is 0.613. The van der Waals surface area contributed by atoms with Gasteiger partial charge in [-0.2, -0.15) is 0 Å². The summed E-state index contributed by atoms with van der Waals surface area (Å²) in [6, 6.07) is 12.2. The number of amides is 3. The summed E-state index contributed by atoms with van der Waals surface area (Å²) in [6.07, 6.45) is 1.27. The van der Waals surface area contributed by atoms with Gasteiger partial charge in [-0.3, -0.25) is 14.4 Å². The van der Waals surface area contributed by atoms with Crippen LogP contribution in [0.2, 0.25) is 0 Å². The highest BCUT2D eigenvalue weighted by molar-refractivity contribution is 6.04. The van der Waals surface area contributed by atoms with Crippen LogP contribution in [0.25, 0.3) is 0 Å². The smallest absolute Gasteiger partial charge is 0.255 e. The third kappa shape index (κ3) is 5.67. The van der Waals surface area contributed by atoms with Crippen molar-refractivity contribution in [2.75, 3.05) is 25.0 Å². The standard InChI is InChI=1S/C23H27N3O4/c1-15-5-6-18(14-16(15)2)22(28)26-19-9-7-17(8-10-19)21(27)24-11-12-25-23(29)20-4-3-13-30-20/h5-10,14,20H,3-4,11-13H2,1-2H3,(H,24,27)(H,25,29)(H,26,28). The van der Waals surface area contributed by atoms with E-state index in [0.29, 0.717) is 36.5 Å². The van der Waals surface area contributed by atoms with Crippen molar-refractivity contribution in [1.82, 2.24) is 10.6 Å². The first kappa shape index (κ1) is 21.5. The van der Waals surface area contributed by atoms with E-state index < -0.39 is 0 Å². The number of benzene rings is 2. The van der Waals surface area contributed by atoms with Crippen LogP contribution in [-0.4, -0.2) is 43.5 Å². The fraction of sp³-hybridized carbons (Fsp3) is 0.348. The Morgan fingerprint density at radius 2 is 1.60 bits per heavy atom. The predicted octanol–water partition coefficient (Wildman–Crippen LogP) is 2.58. The van der Waals surface area contributed by atoms with E-state index in [0.717, 1.165) is 24.0 Å². The van der Waals surface area contributed by atoms with Gasteiger partial charge < -0.3 is 20.7 Å². The van der Waals surface area contributed by atoms with E-state index in [4.69, 9.17) is 4.74 Å². The zero-order valence-electron chi connectivity index (χ0n) is 17.3. The van der Waals surface area contributed by atoms with Crippen molar-refractivity contribution >= 4 is 23.4 Å². The molecule has 1 unspecified atom stereocenters. The second-order valence-corrected chi connectivity index (χ2v) is 7.38. The van der Waals surface area contributed by atoms with Gasteiger partial charge in [0.1, 0.15) is 6.10 Å². The van der Waals surface area contributed by atoms with Gasteiger partial charge in [0.25, 0.3) is 11.8 Å². The minimum absolute atomic E-state index is 0.134. The zero-order valence-corrected chi connectivity index (χ0v) is 17.3. The van der Waals surface area contributed by atoms with Crippen LogP contribution >= 0.6 is 0 Å². The van der Waals surface area contributed by atoms with Crippen LogP contribution in [0.4, 0.5) is 5.69 Å². The molecule has 0 aromatic heterocycles. The fourth-order valence-corrected chi connectivity index (χ4v) is 3.15. The Hall–Kier alpha value is -3.19. The lowest BCUT2D eigenvalue weighted by Crippen LogP contribution is -2.39. The van der Waals surface area contributed by atoms with Crippen LogP contribution in [0.5, 0.6) is 0 Å². The Kier molecular flexibility index (Phi) is 7.19. The molecular weight excluding hydrogens is 382 g/mol. The van der Waals surface area contributed by atoms with Crippen molar-refractivity contribution in [2.45, 2.75) is 32.8 Å². The molecule has 2 aromatic rings. The molecule has 3 rings (SSSR count). The van der Waals surface area contributed by atoms with E-state index in [1.54, 1.807) is 30.3 Å². The number of anilines is 1. The first-order valence-corrected chi connectivity index (χ1v) is 10.1. The first-order chi connectivity index (χ1) is 14.4. The Balaban J connectivity index is 1.45. The summed E-state index contributed by atoms with van der Waals surface area (Å²) in [6.45, 7) is 5.25. The third-order valence-electron chi connectivity index (χ3n) is 5.11. The molecule has 0 aliphatic carbocycles. The average Bonchev–Trinajstić information content (AvgIpc) is 3.28. The highest BCUT2D eigenvalue weighted by Gasteiger charge is 2.22. The molecule has 1 fully saturated rings. The highest BCUT2D eigenvalue weighted by atomic mass is 16.5.